The molecule has 1 aromatic carbocycles. The van der Waals surface area contributed by atoms with Crippen LogP contribution in [0.1, 0.15) is 66.3 Å². The zero-order valence-corrected chi connectivity index (χ0v) is 16.9. The predicted molar refractivity (Wildman–Crippen MR) is 104 cm³/mol. The molecule has 0 aliphatic carbocycles. The molecule has 31 heavy (non-hydrogen) atoms. The molecule has 3 heterocycles. The summed E-state index contributed by atoms with van der Waals surface area (Å²) in [4.78, 5) is 12.8. The fourth-order valence-corrected chi connectivity index (χ4v) is 3.75. The van der Waals surface area contributed by atoms with Gasteiger partial charge in [0.15, 0.2) is 11.5 Å². The summed E-state index contributed by atoms with van der Waals surface area (Å²) in [7, 11) is 0. The number of aryl methyl sites for hydroxylation is 1. The van der Waals surface area contributed by atoms with Gasteiger partial charge in [0.2, 0.25) is 0 Å². The van der Waals surface area contributed by atoms with E-state index in [2.05, 4.69) is 30.4 Å². The van der Waals surface area contributed by atoms with E-state index >= 15 is 0 Å². The van der Waals surface area contributed by atoms with Crippen molar-refractivity contribution in [1.82, 2.24) is 35.1 Å². The van der Waals surface area contributed by atoms with Crippen molar-refractivity contribution in [1.29, 1.82) is 0 Å². The van der Waals surface area contributed by atoms with Crippen LogP contribution in [0.4, 0.5) is 13.2 Å². The maximum absolute atomic E-state index is 13.3. The number of rotatable bonds is 5. The maximum Gasteiger partial charge on any atom is 0.418 e. The van der Waals surface area contributed by atoms with Crippen LogP contribution in [0.25, 0.3) is 5.69 Å². The van der Waals surface area contributed by atoms with E-state index in [0.29, 0.717) is 12.2 Å². The second kappa shape index (κ2) is 8.48. The Morgan fingerprint density at radius 1 is 1.16 bits per heavy atom. The van der Waals surface area contributed by atoms with Gasteiger partial charge in [0.1, 0.15) is 5.82 Å². The number of para-hydroxylation sites is 1. The van der Waals surface area contributed by atoms with Crippen LogP contribution in [0.2, 0.25) is 0 Å². The molecule has 1 aliphatic rings. The first-order valence-electron chi connectivity index (χ1n) is 10.2. The van der Waals surface area contributed by atoms with Crippen LogP contribution in [0.3, 0.4) is 0 Å². The predicted octanol–water partition coefficient (Wildman–Crippen LogP) is 3.49. The summed E-state index contributed by atoms with van der Waals surface area (Å²) in [5.74, 6) is 1.06. The van der Waals surface area contributed by atoms with Gasteiger partial charge in [0.05, 0.1) is 23.5 Å². The number of aromatic nitrogens is 6. The van der Waals surface area contributed by atoms with Gasteiger partial charge in [-0.25, -0.2) is 4.68 Å². The number of amides is 1. The third-order valence-corrected chi connectivity index (χ3v) is 5.35. The Morgan fingerprint density at radius 3 is 2.74 bits per heavy atom. The highest BCUT2D eigenvalue weighted by molar-refractivity contribution is 5.92. The normalized spacial score (nSPS) is 15.2. The van der Waals surface area contributed by atoms with E-state index in [1.807, 2.05) is 6.92 Å². The van der Waals surface area contributed by atoms with E-state index < -0.39 is 17.6 Å². The number of alkyl halides is 3. The van der Waals surface area contributed by atoms with Crippen molar-refractivity contribution in [2.75, 3.05) is 0 Å². The Balaban J connectivity index is 1.55. The Labute approximate surface area is 176 Å². The highest BCUT2D eigenvalue weighted by Gasteiger charge is 2.34. The van der Waals surface area contributed by atoms with Crippen LogP contribution in [-0.2, 0) is 19.1 Å². The van der Waals surface area contributed by atoms with Gasteiger partial charge < -0.3 is 9.88 Å². The maximum atomic E-state index is 13.3. The molecule has 2 aromatic heterocycles. The van der Waals surface area contributed by atoms with Gasteiger partial charge in [-0.1, -0.05) is 30.7 Å². The van der Waals surface area contributed by atoms with Crippen molar-refractivity contribution in [3.63, 3.8) is 0 Å². The highest BCUT2D eigenvalue weighted by atomic mass is 19.4. The number of hydrogen-bond acceptors (Lipinski definition) is 5. The van der Waals surface area contributed by atoms with Crippen molar-refractivity contribution in [3.05, 3.63) is 53.4 Å². The van der Waals surface area contributed by atoms with Crippen LogP contribution in [0.5, 0.6) is 0 Å². The minimum absolute atomic E-state index is 0.0777. The summed E-state index contributed by atoms with van der Waals surface area (Å²) in [6.45, 7) is 2.72. The van der Waals surface area contributed by atoms with Crippen LogP contribution in [-0.4, -0.2) is 35.7 Å². The van der Waals surface area contributed by atoms with E-state index in [9.17, 15) is 18.0 Å². The van der Waals surface area contributed by atoms with Gasteiger partial charge in [-0.15, -0.1) is 15.3 Å². The fraction of sp³-hybridized carbons (Fsp3) is 0.450. The van der Waals surface area contributed by atoms with Crippen molar-refractivity contribution < 1.29 is 18.0 Å². The molecule has 0 saturated carbocycles. The Kier molecular flexibility index (Phi) is 5.75. The van der Waals surface area contributed by atoms with Gasteiger partial charge in [-0.05, 0) is 31.4 Å². The average molecular weight is 433 g/mol. The minimum Gasteiger partial charge on any atom is -0.341 e. The number of halogens is 3. The molecule has 1 atom stereocenters. The molecular weight excluding hydrogens is 411 g/mol. The Hall–Kier alpha value is -3.24. The molecule has 1 unspecified atom stereocenters. The molecule has 1 amide bonds. The molecule has 8 nitrogen and oxygen atoms in total. The lowest BCUT2D eigenvalue weighted by molar-refractivity contribution is -0.137. The summed E-state index contributed by atoms with van der Waals surface area (Å²) < 4.78 is 42.9. The zero-order chi connectivity index (χ0) is 22.0. The van der Waals surface area contributed by atoms with Crippen LogP contribution in [0, 0.1) is 0 Å². The molecule has 4 rings (SSSR count). The molecular formula is C20H22F3N7O. The second-order valence-corrected chi connectivity index (χ2v) is 7.43. The molecule has 11 heteroatoms. The number of fused-ring (bicyclic) bond motifs is 1. The number of nitrogens with one attached hydrogen (secondary N) is 1. The summed E-state index contributed by atoms with van der Waals surface area (Å²) >= 11 is 0. The quantitative estimate of drug-likeness (QED) is 0.665. The van der Waals surface area contributed by atoms with Crippen molar-refractivity contribution in [2.45, 2.75) is 57.8 Å². The van der Waals surface area contributed by atoms with Crippen molar-refractivity contribution in [3.8, 4) is 5.69 Å². The van der Waals surface area contributed by atoms with Gasteiger partial charge in [-0.2, -0.15) is 13.2 Å². The lowest BCUT2D eigenvalue weighted by atomic mass is 10.1. The summed E-state index contributed by atoms with van der Waals surface area (Å²) in [5, 5.41) is 18.9. The largest absolute Gasteiger partial charge is 0.418 e. The number of benzene rings is 1. The third-order valence-electron chi connectivity index (χ3n) is 5.35. The molecule has 3 aromatic rings. The number of hydrogen-bond donors (Lipinski definition) is 1. The van der Waals surface area contributed by atoms with Gasteiger partial charge in [0.25, 0.3) is 5.91 Å². The average Bonchev–Trinajstić information content (AvgIpc) is 3.33. The molecule has 0 fully saturated rings. The smallest absolute Gasteiger partial charge is 0.341 e. The van der Waals surface area contributed by atoms with Crippen LogP contribution < -0.4 is 5.32 Å². The van der Waals surface area contributed by atoms with E-state index in [1.54, 1.807) is 0 Å². The van der Waals surface area contributed by atoms with Gasteiger partial charge in [-0.3, -0.25) is 4.79 Å². The SMILES string of the molecule is CCC(NC(=O)c1cn(-c2ccccc2C(F)(F)F)nn1)c1nnc2n1CCCCC2. The summed E-state index contributed by atoms with van der Waals surface area (Å²) in [6, 6.07) is 4.61. The van der Waals surface area contributed by atoms with Gasteiger partial charge in [0, 0.05) is 13.0 Å². The van der Waals surface area contributed by atoms with E-state index in [-0.39, 0.29) is 17.4 Å². The first-order chi connectivity index (χ1) is 14.9. The lowest BCUT2D eigenvalue weighted by Crippen LogP contribution is -2.30. The standard InChI is InChI=1S/C20H22F3N7O/c1-2-14(18-27-26-17-10-4-3-7-11-29(17)18)24-19(31)15-12-30(28-25-15)16-9-6-5-8-13(16)20(21,22)23/h5-6,8-9,12,14H,2-4,7,10-11H2,1H3,(H,24,31). The second-order valence-electron chi connectivity index (χ2n) is 7.43. The van der Waals surface area contributed by atoms with Crippen LogP contribution >= 0.6 is 0 Å². The molecule has 0 spiro atoms. The monoisotopic (exact) mass is 433 g/mol. The summed E-state index contributed by atoms with van der Waals surface area (Å²) in [6.07, 6.45) is 1.27. The van der Waals surface area contributed by atoms with E-state index in [1.165, 1.54) is 24.4 Å². The first kappa shape index (κ1) is 21.0. The fourth-order valence-electron chi connectivity index (χ4n) is 3.75. The Morgan fingerprint density at radius 2 is 1.97 bits per heavy atom. The molecule has 0 saturated heterocycles. The molecule has 1 N–H and O–H groups in total. The molecule has 1 aliphatic heterocycles. The summed E-state index contributed by atoms with van der Waals surface area (Å²) in [5.41, 5.74) is -1.13. The number of carbonyl (C=O) groups excluding carboxylic acids is 1. The lowest BCUT2D eigenvalue weighted by Gasteiger charge is -2.17. The molecule has 164 valence electrons. The number of nitrogens with zero attached hydrogens (tertiary/aromatic N) is 6. The van der Waals surface area contributed by atoms with E-state index in [4.69, 9.17) is 0 Å². The first-order valence-corrected chi connectivity index (χ1v) is 10.2. The van der Waals surface area contributed by atoms with Gasteiger partial charge >= 0.3 is 6.18 Å². The molecule has 0 radical (unpaired) electrons. The van der Waals surface area contributed by atoms with Crippen molar-refractivity contribution in [2.24, 2.45) is 0 Å². The Bertz CT molecular complexity index is 1070. The zero-order valence-electron chi connectivity index (χ0n) is 16.9. The van der Waals surface area contributed by atoms with Crippen LogP contribution in [0.15, 0.2) is 30.5 Å². The molecule has 0 bridgehead atoms. The van der Waals surface area contributed by atoms with Crippen molar-refractivity contribution >= 4 is 5.91 Å². The minimum atomic E-state index is -4.55. The third kappa shape index (κ3) is 4.30. The topological polar surface area (TPSA) is 90.5 Å². The van der Waals surface area contributed by atoms with E-state index in [0.717, 1.165) is 48.8 Å². The highest BCUT2D eigenvalue weighted by Crippen LogP contribution is 2.33. The number of carbonyl (C=O) groups is 1.